The fraction of sp³-hybridized carbons (Fsp3) is 0.400. The van der Waals surface area contributed by atoms with Gasteiger partial charge in [0, 0.05) is 5.39 Å². The number of carbonyl (C=O) groups excluding carboxylic acids is 1. The first-order valence-electron chi connectivity index (χ1n) is 6.92. The van der Waals surface area contributed by atoms with E-state index in [4.69, 9.17) is 15.0 Å². The zero-order chi connectivity index (χ0) is 13.9. The minimum atomic E-state index is -0.347. The van der Waals surface area contributed by atoms with E-state index in [-0.39, 0.29) is 12.0 Å². The number of hydrazine groups is 1. The summed E-state index contributed by atoms with van der Waals surface area (Å²) in [6.45, 7) is 0.308. The summed E-state index contributed by atoms with van der Waals surface area (Å²) in [5.41, 5.74) is 3.32. The monoisotopic (exact) mass is 274 g/mol. The lowest BCUT2D eigenvalue weighted by molar-refractivity contribution is 0.0358. The molecule has 0 atom stereocenters. The van der Waals surface area contributed by atoms with Crippen LogP contribution in [-0.2, 0) is 11.3 Å². The second-order valence-electron chi connectivity index (χ2n) is 5.09. The highest BCUT2D eigenvalue weighted by Gasteiger charge is 2.22. The van der Waals surface area contributed by atoms with Gasteiger partial charge in [0.05, 0.1) is 11.7 Å². The number of hydrogen-bond donors (Lipinski definition) is 2. The van der Waals surface area contributed by atoms with Crippen molar-refractivity contribution in [3.8, 4) is 0 Å². The van der Waals surface area contributed by atoms with Gasteiger partial charge in [0.1, 0.15) is 18.0 Å². The first-order valence-corrected chi connectivity index (χ1v) is 6.92. The van der Waals surface area contributed by atoms with E-state index in [9.17, 15) is 4.79 Å². The van der Waals surface area contributed by atoms with Crippen molar-refractivity contribution in [1.82, 2.24) is 5.43 Å². The molecule has 0 saturated heterocycles. The summed E-state index contributed by atoms with van der Waals surface area (Å²) < 4.78 is 11.6. The topological polar surface area (TPSA) is 77.5 Å². The zero-order valence-electron chi connectivity index (χ0n) is 11.2. The fourth-order valence-corrected chi connectivity index (χ4v) is 2.77. The Hall–Kier alpha value is -1.85. The number of carbonyl (C=O) groups is 1. The number of para-hydroxylation sites is 1. The molecule has 1 heterocycles. The summed E-state index contributed by atoms with van der Waals surface area (Å²) in [4.78, 5) is 12.0. The third kappa shape index (κ3) is 2.42. The van der Waals surface area contributed by atoms with Gasteiger partial charge in [-0.3, -0.25) is 10.2 Å². The molecule has 0 aliphatic heterocycles. The number of nitrogen functional groups attached to an aromatic ring is 1. The standard InChI is InChI=1S/C15H18N2O3/c16-17-15(18)14-11-7-3-4-8-12(11)20-13(14)9-19-10-5-1-2-6-10/h3-4,7-8,10H,1-2,5-6,9,16H2,(H,17,18). The number of ether oxygens (including phenoxy) is 1. The summed E-state index contributed by atoms with van der Waals surface area (Å²) in [6, 6.07) is 7.43. The number of nitrogens with two attached hydrogens (primary N) is 1. The molecule has 3 rings (SSSR count). The van der Waals surface area contributed by atoms with E-state index in [0.717, 1.165) is 18.2 Å². The van der Waals surface area contributed by atoms with Crippen molar-refractivity contribution in [3.63, 3.8) is 0 Å². The van der Waals surface area contributed by atoms with Crippen LogP contribution in [-0.4, -0.2) is 12.0 Å². The minimum absolute atomic E-state index is 0.275. The average molecular weight is 274 g/mol. The number of rotatable bonds is 4. The van der Waals surface area contributed by atoms with Gasteiger partial charge in [-0.25, -0.2) is 5.84 Å². The van der Waals surface area contributed by atoms with Crippen LogP contribution in [0.4, 0.5) is 0 Å². The van der Waals surface area contributed by atoms with E-state index in [2.05, 4.69) is 5.43 Å². The Kier molecular flexibility index (Phi) is 3.71. The molecule has 1 amide bonds. The van der Waals surface area contributed by atoms with Crippen LogP contribution in [0.15, 0.2) is 28.7 Å². The Morgan fingerprint density at radius 2 is 2.10 bits per heavy atom. The van der Waals surface area contributed by atoms with Crippen molar-refractivity contribution in [2.75, 3.05) is 0 Å². The first-order chi connectivity index (χ1) is 9.79. The molecule has 0 spiro atoms. The van der Waals surface area contributed by atoms with Crippen molar-refractivity contribution < 1.29 is 13.9 Å². The van der Waals surface area contributed by atoms with Gasteiger partial charge in [-0.1, -0.05) is 31.0 Å². The predicted octanol–water partition coefficient (Wildman–Crippen LogP) is 2.50. The quantitative estimate of drug-likeness (QED) is 0.510. The highest BCUT2D eigenvalue weighted by molar-refractivity contribution is 6.06. The van der Waals surface area contributed by atoms with Crippen LogP contribution >= 0.6 is 0 Å². The number of nitrogens with one attached hydrogen (secondary N) is 1. The molecular formula is C15H18N2O3. The third-order valence-electron chi connectivity index (χ3n) is 3.78. The fourth-order valence-electron chi connectivity index (χ4n) is 2.77. The molecule has 0 bridgehead atoms. The Balaban J connectivity index is 1.89. The molecule has 2 aromatic rings. The minimum Gasteiger partial charge on any atom is -0.458 e. The maximum atomic E-state index is 12.0. The lowest BCUT2D eigenvalue weighted by Gasteiger charge is -2.10. The number of amides is 1. The Bertz CT molecular complexity index is 615. The summed E-state index contributed by atoms with van der Waals surface area (Å²) in [5.74, 6) is 5.45. The van der Waals surface area contributed by atoms with Crippen LogP contribution in [0.3, 0.4) is 0 Å². The lowest BCUT2D eigenvalue weighted by atomic mass is 10.1. The summed E-state index contributed by atoms with van der Waals surface area (Å²) >= 11 is 0. The van der Waals surface area contributed by atoms with Crippen molar-refractivity contribution >= 4 is 16.9 Å². The van der Waals surface area contributed by atoms with Gasteiger partial charge in [-0.15, -0.1) is 0 Å². The van der Waals surface area contributed by atoms with Crippen LogP contribution in [0.1, 0.15) is 41.8 Å². The molecule has 1 saturated carbocycles. The van der Waals surface area contributed by atoms with Crippen LogP contribution < -0.4 is 11.3 Å². The molecule has 3 N–H and O–H groups in total. The van der Waals surface area contributed by atoms with E-state index in [0.29, 0.717) is 23.5 Å². The van der Waals surface area contributed by atoms with Crippen LogP contribution in [0, 0.1) is 0 Å². The van der Waals surface area contributed by atoms with Gasteiger partial charge in [-0.2, -0.15) is 0 Å². The number of furan rings is 1. The third-order valence-corrected chi connectivity index (χ3v) is 3.78. The molecule has 20 heavy (non-hydrogen) atoms. The van der Waals surface area contributed by atoms with Crippen LogP contribution in [0.25, 0.3) is 11.0 Å². The smallest absolute Gasteiger partial charge is 0.269 e. The average Bonchev–Trinajstić information content (AvgIpc) is 3.11. The molecule has 1 aromatic carbocycles. The predicted molar refractivity (Wildman–Crippen MR) is 74.9 cm³/mol. The van der Waals surface area contributed by atoms with Gasteiger partial charge < -0.3 is 9.15 Å². The molecular weight excluding hydrogens is 256 g/mol. The number of benzene rings is 1. The van der Waals surface area contributed by atoms with Gasteiger partial charge >= 0.3 is 0 Å². The largest absolute Gasteiger partial charge is 0.458 e. The molecule has 106 valence electrons. The molecule has 1 aliphatic carbocycles. The van der Waals surface area contributed by atoms with Gasteiger partial charge in [0.15, 0.2) is 0 Å². The second-order valence-corrected chi connectivity index (χ2v) is 5.09. The number of hydrogen-bond acceptors (Lipinski definition) is 4. The Morgan fingerprint density at radius 3 is 2.85 bits per heavy atom. The molecule has 0 radical (unpaired) electrons. The van der Waals surface area contributed by atoms with Gasteiger partial charge in [0.25, 0.3) is 5.91 Å². The van der Waals surface area contributed by atoms with Crippen LogP contribution in [0.5, 0.6) is 0 Å². The van der Waals surface area contributed by atoms with Crippen molar-refractivity contribution in [2.45, 2.75) is 38.4 Å². The number of fused-ring (bicyclic) bond motifs is 1. The normalized spacial score (nSPS) is 15.8. The van der Waals surface area contributed by atoms with E-state index in [1.165, 1.54) is 12.8 Å². The highest BCUT2D eigenvalue weighted by Crippen LogP contribution is 2.28. The van der Waals surface area contributed by atoms with E-state index in [1.54, 1.807) is 0 Å². The zero-order valence-corrected chi connectivity index (χ0v) is 11.2. The molecule has 0 unspecified atom stereocenters. The van der Waals surface area contributed by atoms with Crippen molar-refractivity contribution in [2.24, 2.45) is 5.84 Å². The molecule has 1 fully saturated rings. The SMILES string of the molecule is NNC(=O)c1c(COC2CCCC2)oc2ccccc12. The van der Waals surface area contributed by atoms with Gasteiger partial charge in [0.2, 0.25) is 0 Å². The van der Waals surface area contributed by atoms with E-state index in [1.807, 2.05) is 24.3 Å². The summed E-state index contributed by atoms with van der Waals surface area (Å²) in [6.07, 6.45) is 4.86. The molecule has 5 nitrogen and oxygen atoms in total. The maximum absolute atomic E-state index is 12.0. The summed E-state index contributed by atoms with van der Waals surface area (Å²) in [5, 5.41) is 0.764. The first kappa shape index (κ1) is 13.1. The molecule has 5 heteroatoms. The molecule has 1 aromatic heterocycles. The molecule has 1 aliphatic rings. The summed E-state index contributed by atoms with van der Waals surface area (Å²) in [7, 11) is 0. The van der Waals surface area contributed by atoms with Crippen LogP contribution in [0.2, 0.25) is 0 Å². The highest BCUT2D eigenvalue weighted by atomic mass is 16.5. The van der Waals surface area contributed by atoms with E-state index < -0.39 is 0 Å². The van der Waals surface area contributed by atoms with Crippen molar-refractivity contribution in [3.05, 3.63) is 35.6 Å². The van der Waals surface area contributed by atoms with Crippen molar-refractivity contribution in [1.29, 1.82) is 0 Å². The Labute approximate surface area is 117 Å². The second kappa shape index (κ2) is 5.64. The Morgan fingerprint density at radius 1 is 1.35 bits per heavy atom. The lowest BCUT2D eigenvalue weighted by Crippen LogP contribution is -2.30. The maximum Gasteiger partial charge on any atom is 0.269 e. The van der Waals surface area contributed by atoms with Gasteiger partial charge in [-0.05, 0) is 18.9 Å². The van der Waals surface area contributed by atoms with E-state index >= 15 is 0 Å².